The van der Waals surface area contributed by atoms with E-state index in [0.29, 0.717) is 11.8 Å². The second kappa shape index (κ2) is 3.99. The van der Waals surface area contributed by atoms with Gasteiger partial charge in [-0.15, -0.1) is 0 Å². The first kappa shape index (κ1) is 11.8. The molecule has 0 aromatic carbocycles. The Labute approximate surface area is 98.1 Å². The van der Waals surface area contributed by atoms with Crippen molar-refractivity contribution in [3.63, 3.8) is 0 Å². The van der Waals surface area contributed by atoms with E-state index in [-0.39, 0.29) is 17.6 Å². The summed E-state index contributed by atoms with van der Waals surface area (Å²) in [6.45, 7) is 8.79. The molecule has 0 unspecified atom stereocenters. The molecule has 0 aromatic heterocycles. The normalized spacial score (nSPS) is 39.1. The van der Waals surface area contributed by atoms with Crippen LogP contribution in [-0.4, -0.2) is 18.5 Å². The third-order valence-electron chi connectivity index (χ3n) is 3.97. The Balaban J connectivity index is 2.28. The van der Waals surface area contributed by atoms with Crippen molar-refractivity contribution in [2.24, 2.45) is 17.3 Å². The molecule has 4 atom stereocenters. The minimum absolute atomic E-state index is 0.166. The topological polar surface area (TPSA) is 26.3 Å². The molecule has 0 N–H and O–H groups in total. The summed E-state index contributed by atoms with van der Waals surface area (Å²) >= 11 is 0. The van der Waals surface area contributed by atoms with Gasteiger partial charge in [-0.25, -0.2) is 0 Å². The highest BCUT2D eigenvalue weighted by molar-refractivity contribution is 5.74. The molecule has 0 radical (unpaired) electrons. The van der Waals surface area contributed by atoms with E-state index in [1.54, 1.807) is 0 Å². The number of rotatable bonds is 1. The largest absolute Gasteiger partial charge is 0.374 e. The number of carbonyl (C=O) groups excluding carboxylic acids is 1. The summed E-state index contributed by atoms with van der Waals surface area (Å²) in [7, 11) is 0. The molecular formula is C14H22O2. The highest BCUT2D eigenvalue weighted by atomic mass is 16.5. The third kappa shape index (κ3) is 1.84. The summed E-state index contributed by atoms with van der Waals surface area (Å²) in [6.07, 6.45) is 5.79. The lowest BCUT2D eigenvalue weighted by Gasteiger charge is -2.34. The van der Waals surface area contributed by atoms with Crippen LogP contribution in [0.3, 0.4) is 0 Å². The average molecular weight is 222 g/mol. The molecule has 1 fully saturated rings. The van der Waals surface area contributed by atoms with Crippen molar-refractivity contribution >= 4 is 6.29 Å². The van der Waals surface area contributed by atoms with E-state index in [1.165, 1.54) is 0 Å². The molecule has 2 nitrogen and oxygen atoms in total. The van der Waals surface area contributed by atoms with Gasteiger partial charge in [0.25, 0.3) is 0 Å². The Morgan fingerprint density at radius 1 is 1.44 bits per heavy atom. The fraction of sp³-hybridized carbons (Fsp3) is 0.786. The van der Waals surface area contributed by atoms with Crippen molar-refractivity contribution in [3.8, 4) is 0 Å². The first-order valence-electron chi connectivity index (χ1n) is 6.26. The molecule has 0 amide bonds. The zero-order chi connectivity index (χ0) is 11.9. The molecule has 0 bridgehead atoms. The maximum atomic E-state index is 11.1. The van der Waals surface area contributed by atoms with Gasteiger partial charge in [-0.05, 0) is 36.7 Å². The number of fused-ring (bicyclic) bond motifs is 1. The Kier molecular flexibility index (Phi) is 2.95. The Bertz CT molecular complexity index is 311. The van der Waals surface area contributed by atoms with Gasteiger partial charge in [0.2, 0.25) is 0 Å². The molecule has 0 saturated carbocycles. The first-order chi connectivity index (χ1) is 7.45. The number of hydrogen-bond acceptors (Lipinski definition) is 2. The Morgan fingerprint density at radius 3 is 2.69 bits per heavy atom. The van der Waals surface area contributed by atoms with Gasteiger partial charge in [-0.3, -0.25) is 4.79 Å². The van der Waals surface area contributed by atoms with Gasteiger partial charge in [-0.2, -0.15) is 0 Å². The van der Waals surface area contributed by atoms with Crippen LogP contribution < -0.4 is 0 Å². The maximum Gasteiger partial charge on any atom is 0.146 e. The highest BCUT2D eigenvalue weighted by Gasteiger charge is 2.48. The van der Waals surface area contributed by atoms with E-state index in [1.807, 2.05) is 0 Å². The molecule has 0 aromatic rings. The molecule has 1 heterocycles. The molecular weight excluding hydrogens is 200 g/mol. The molecule has 1 aliphatic carbocycles. The summed E-state index contributed by atoms with van der Waals surface area (Å²) in [5.74, 6) is 0.857. The number of aldehydes is 1. The van der Waals surface area contributed by atoms with Crippen LogP contribution in [0.4, 0.5) is 0 Å². The fourth-order valence-electron chi connectivity index (χ4n) is 3.35. The average Bonchev–Trinajstić information content (AvgIpc) is 2.56. The quantitative estimate of drug-likeness (QED) is 0.638. The molecule has 90 valence electrons. The van der Waals surface area contributed by atoms with Gasteiger partial charge >= 0.3 is 0 Å². The van der Waals surface area contributed by atoms with Gasteiger partial charge in [0.15, 0.2) is 0 Å². The molecule has 0 spiro atoms. The lowest BCUT2D eigenvalue weighted by atomic mass is 9.70. The summed E-state index contributed by atoms with van der Waals surface area (Å²) in [5, 5.41) is 0. The number of allylic oxidation sites excluding steroid dienone is 1. The predicted molar refractivity (Wildman–Crippen MR) is 64.2 cm³/mol. The second-order valence-electron chi connectivity index (χ2n) is 6.22. The van der Waals surface area contributed by atoms with E-state index >= 15 is 0 Å². The molecule has 2 heteroatoms. The van der Waals surface area contributed by atoms with Crippen LogP contribution in [0.1, 0.15) is 40.5 Å². The van der Waals surface area contributed by atoms with E-state index in [9.17, 15) is 4.79 Å². The van der Waals surface area contributed by atoms with Crippen molar-refractivity contribution in [3.05, 3.63) is 11.6 Å². The third-order valence-corrected chi connectivity index (χ3v) is 3.97. The van der Waals surface area contributed by atoms with Crippen molar-refractivity contribution in [2.45, 2.75) is 52.7 Å². The minimum atomic E-state index is 0.166. The van der Waals surface area contributed by atoms with E-state index < -0.39 is 0 Å². The second-order valence-corrected chi connectivity index (χ2v) is 6.22. The zero-order valence-corrected chi connectivity index (χ0v) is 10.7. The van der Waals surface area contributed by atoms with Crippen LogP contribution in [-0.2, 0) is 9.53 Å². The van der Waals surface area contributed by atoms with Crippen LogP contribution in [0.25, 0.3) is 0 Å². The lowest BCUT2D eigenvalue weighted by Crippen LogP contribution is -2.34. The zero-order valence-electron chi connectivity index (χ0n) is 10.7. The van der Waals surface area contributed by atoms with E-state index in [0.717, 1.165) is 24.7 Å². The summed E-state index contributed by atoms with van der Waals surface area (Å²) in [5.41, 5.74) is 1.13. The van der Waals surface area contributed by atoms with E-state index in [2.05, 4.69) is 33.8 Å². The van der Waals surface area contributed by atoms with E-state index in [4.69, 9.17) is 4.74 Å². The van der Waals surface area contributed by atoms with Crippen LogP contribution in [0.5, 0.6) is 0 Å². The van der Waals surface area contributed by atoms with Crippen LogP contribution in [0, 0.1) is 17.3 Å². The summed E-state index contributed by atoms with van der Waals surface area (Å²) < 4.78 is 6.11. The summed E-state index contributed by atoms with van der Waals surface area (Å²) in [6, 6.07) is 0. The number of ether oxygens (including phenoxy) is 1. The monoisotopic (exact) mass is 222 g/mol. The Morgan fingerprint density at radius 2 is 2.12 bits per heavy atom. The van der Waals surface area contributed by atoms with Crippen molar-refractivity contribution in [2.75, 3.05) is 0 Å². The SMILES string of the molecule is C[C@H]1O[C@@H](C(C)(C)C)[C@H]2CCC=C(C=O)[C@H]21. The van der Waals surface area contributed by atoms with Crippen molar-refractivity contribution in [1.82, 2.24) is 0 Å². The van der Waals surface area contributed by atoms with Crippen LogP contribution in [0.15, 0.2) is 11.6 Å². The van der Waals surface area contributed by atoms with Gasteiger partial charge in [0, 0.05) is 5.92 Å². The first-order valence-corrected chi connectivity index (χ1v) is 6.26. The number of hydrogen-bond donors (Lipinski definition) is 0. The number of carbonyl (C=O) groups is 1. The van der Waals surface area contributed by atoms with Crippen molar-refractivity contribution in [1.29, 1.82) is 0 Å². The highest BCUT2D eigenvalue weighted by Crippen LogP contribution is 2.47. The maximum absolute atomic E-state index is 11.1. The molecule has 1 saturated heterocycles. The molecule has 16 heavy (non-hydrogen) atoms. The smallest absolute Gasteiger partial charge is 0.146 e. The van der Waals surface area contributed by atoms with Crippen LogP contribution in [0.2, 0.25) is 0 Å². The minimum Gasteiger partial charge on any atom is -0.374 e. The van der Waals surface area contributed by atoms with Gasteiger partial charge in [0.1, 0.15) is 6.29 Å². The molecule has 2 rings (SSSR count). The van der Waals surface area contributed by atoms with Gasteiger partial charge in [-0.1, -0.05) is 26.8 Å². The molecule has 2 aliphatic rings. The Hall–Kier alpha value is -0.630. The predicted octanol–water partition coefficient (Wildman–Crippen LogP) is 2.97. The van der Waals surface area contributed by atoms with Gasteiger partial charge < -0.3 is 4.74 Å². The lowest BCUT2D eigenvalue weighted by molar-refractivity contribution is -0.105. The standard InChI is InChI=1S/C14H22O2/c1-9-12-10(8-15)6-5-7-11(12)13(16-9)14(2,3)4/h6,8-9,11-13H,5,7H2,1-4H3/t9-,11+,12-,13-/m1/s1. The van der Waals surface area contributed by atoms with Crippen molar-refractivity contribution < 1.29 is 9.53 Å². The fourth-order valence-corrected chi connectivity index (χ4v) is 3.35. The van der Waals surface area contributed by atoms with Gasteiger partial charge in [0.05, 0.1) is 12.2 Å². The van der Waals surface area contributed by atoms with Crippen LogP contribution >= 0.6 is 0 Å². The summed E-state index contributed by atoms with van der Waals surface area (Å²) in [4.78, 5) is 11.1. The molecule has 1 aliphatic heterocycles.